The molecule has 0 aliphatic rings. The van der Waals surface area contributed by atoms with Crippen LogP contribution in [0.15, 0.2) is 120 Å². The number of hydrogen-bond acceptors (Lipinski definition) is 2. The minimum Gasteiger partial charge on any atom is -0.436 e. The van der Waals surface area contributed by atoms with Crippen molar-refractivity contribution in [2.45, 2.75) is 13.3 Å². The molecule has 0 aliphatic heterocycles. The van der Waals surface area contributed by atoms with E-state index in [0.717, 1.165) is 23.1 Å². The minimum atomic E-state index is 0.666. The molecule has 7 rings (SSSR count). The van der Waals surface area contributed by atoms with Gasteiger partial charge in [0.25, 0.3) is 0 Å². The summed E-state index contributed by atoms with van der Waals surface area (Å²) in [5.41, 5.74) is 9.93. The molecule has 36 heavy (non-hydrogen) atoms. The molecular formula is C33H24N2O. The first kappa shape index (κ1) is 20.7. The first-order chi connectivity index (χ1) is 17.8. The van der Waals surface area contributed by atoms with Crippen LogP contribution >= 0.6 is 0 Å². The molecule has 0 saturated carbocycles. The van der Waals surface area contributed by atoms with Crippen molar-refractivity contribution >= 4 is 32.9 Å². The summed E-state index contributed by atoms with van der Waals surface area (Å²) in [6.45, 7) is 2.14. The number of benzene rings is 5. The van der Waals surface area contributed by atoms with Crippen LogP contribution in [-0.4, -0.2) is 9.55 Å². The Bertz CT molecular complexity index is 1860. The third-order valence-corrected chi connectivity index (χ3v) is 7.03. The van der Waals surface area contributed by atoms with E-state index in [4.69, 9.17) is 9.40 Å². The van der Waals surface area contributed by atoms with Gasteiger partial charge in [-0.1, -0.05) is 73.7 Å². The van der Waals surface area contributed by atoms with Crippen molar-refractivity contribution in [1.82, 2.24) is 9.55 Å². The van der Waals surface area contributed by atoms with E-state index in [1.54, 1.807) is 0 Å². The van der Waals surface area contributed by atoms with Crippen LogP contribution in [0.4, 0.5) is 0 Å². The Balaban J connectivity index is 1.32. The van der Waals surface area contributed by atoms with Crippen LogP contribution in [0.5, 0.6) is 0 Å². The van der Waals surface area contributed by atoms with Gasteiger partial charge in [0.2, 0.25) is 5.89 Å². The summed E-state index contributed by atoms with van der Waals surface area (Å²) in [6, 6.07) is 40.6. The zero-order valence-electron chi connectivity index (χ0n) is 20.0. The standard InChI is InChI=1S/C33H24N2O/c1-2-22-9-8-13-29-32(22)36-33(34-29)24-17-15-23(16-18-24)25-19-20-31-28(21-25)27-12-6-7-14-30(27)35(31)26-10-4-3-5-11-26/h3-21H,2H2,1H3. The number of nitrogens with zero attached hydrogens (tertiary/aromatic N) is 2. The summed E-state index contributed by atoms with van der Waals surface area (Å²) >= 11 is 0. The number of aryl methyl sites for hydroxylation is 1. The average molecular weight is 465 g/mol. The molecule has 2 heterocycles. The molecule has 3 heteroatoms. The van der Waals surface area contributed by atoms with Gasteiger partial charge in [0.1, 0.15) is 5.52 Å². The molecule has 0 aliphatic carbocycles. The lowest BCUT2D eigenvalue weighted by Crippen LogP contribution is -1.92. The van der Waals surface area contributed by atoms with Crippen molar-refractivity contribution in [1.29, 1.82) is 0 Å². The molecule has 7 aromatic rings. The first-order valence-corrected chi connectivity index (χ1v) is 12.4. The molecule has 0 amide bonds. The fourth-order valence-corrected chi connectivity index (χ4v) is 5.22. The lowest BCUT2D eigenvalue weighted by molar-refractivity contribution is 0.615. The van der Waals surface area contributed by atoms with E-state index in [-0.39, 0.29) is 0 Å². The number of hydrogen-bond donors (Lipinski definition) is 0. The monoisotopic (exact) mass is 464 g/mol. The Morgan fingerprint density at radius 2 is 1.36 bits per heavy atom. The highest BCUT2D eigenvalue weighted by Crippen LogP contribution is 2.35. The van der Waals surface area contributed by atoms with Gasteiger partial charge in [-0.25, -0.2) is 4.98 Å². The van der Waals surface area contributed by atoms with Crippen molar-refractivity contribution in [3.63, 3.8) is 0 Å². The fraction of sp³-hybridized carbons (Fsp3) is 0.0606. The largest absolute Gasteiger partial charge is 0.436 e. The van der Waals surface area contributed by atoms with Gasteiger partial charge in [0, 0.05) is 22.0 Å². The second kappa shape index (κ2) is 8.24. The zero-order valence-corrected chi connectivity index (χ0v) is 20.0. The Hall–Kier alpha value is -4.63. The third kappa shape index (κ3) is 3.24. The van der Waals surface area contributed by atoms with E-state index in [2.05, 4.69) is 115 Å². The Morgan fingerprint density at radius 1 is 0.639 bits per heavy atom. The third-order valence-electron chi connectivity index (χ3n) is 7.03. The molecule has 172 valence electrons. The van der Waals surface area contributed by atoms with Gasteiger partial charge < -0.3 is 8.98 Å². The molecule has 0 saturated heterocycles. The molecule has 2 aromatic heterocycles. The molecular weight excluding hydrogens is 440 g/mol. The van der Waals surface area contributed by atoms with Gasteiger partial charge in [0.15, 0.2) is 5.58 Å². The average Bonchev–Trinajstić information content (AvgIpc) is 3.53. The van der Waals surface area contributed by atoms with Gasteiger partial charge in [-0.2, -0.15) is 0 Å². The predicted octanol–water partition coefficient (Wildman–Crippen LogP) is 8.82. The lowest BCUT2D eigenvalue weighted by atomic mass is 10.0. The summed E-state index contributed by atoms with van der Waals surface area (Å²) in [7, 11) is 0. The molecule has 0 fully saturated rings. The Kier molecular flexibility index (Phi) is 4.74. The smallest absolute Gasteiger partial charge is 0.227 e. The van der Waals surface area contributed by atoms with Crippen LogP contribution in [0.1, 0.15) is 12.5 Å². The number of fused-ring (bicyclic) bond motifs is 4. The van der Waals surface area contributed by atoms with Crippen LogP contribution in [0.3, 0.4) is 0 Å². The van der Waals surface area contributed by atoms with Gasteiger partial charge in [0.05, 0.1) is 11.0 Å². The maximum atomic E-state index is 6.16. The van der Waals surface area contributed by atoms with Crippen molar-refractivity contribution in [2.75, 3.05) is 0 Å². The second-order valence-electron chi connectivity index (χ2n) is 9.14. The molecule has 0 bridgehead atoms. The maximum absolute atomic E-state index is 6.16. The minimum absolute atomic E-state index is 0.666. The highest BCUT2D eigenvalue weighted by atomic mass is 16.3. The van der Waals surface area contributed by atoms with E-state index in [9.17, 15) is 0 Å². The molecule has 0 unspecified atom stereocenters. The van der Waals surface area contributed by atoms with Crippen LogP contribution in [0.25, 0.3) is 61.2 Å². The summed E-state index contributed by atoms with van der Waals surface area (Å²) in [5, 5.41) is 2.51. The topological polar surface area (TPSA) is 31.0 Å². The molecule has 3 nitrogen and oxygen atoms in total. The summed E-state index contributed by atoms with van der Waals surface area (Å²) < 4.78 is 8.50. The van der Waals surface area contributed by atoms with Crippen LogP contribution in [0, 0.1) is 0 Å². The molecule has 5 aromatic carbocycles. The summed E-state index contributed by atoms with van der Waals surface area (Å²) in [4.78, 5) is 4.73. The lowest BCUT2D eigenvalue weighted by Gasteiger charge is -2.08. The zero-order chi connectivity index (χ0) is 24.1. The van der Waals surface area contributed by atoms with Crippen LogP contribution in [0.2, 0.25) is 0 Å². The van der Waals surface area contributed by atoms with Crippen molar-refractivity contribution in [2.24, 2.45) is 0 Å². The molecule has 0 N–H and O–H groups in total. The van der Waals surface area contributed by atoms with Crippen molar-refractivity contribution < 1.29 is 4.42 Å². The number of rotatable bonds is 4. The summed E-state index contributed by atoms with van der Waals surface area (Å²) in [5.74, 6) is 0.666. The van der Waals surface area contributed by atoms with E-state index in [1.807, 2.05) is 12.1 Å². The number of para-hydroxylation sites is 3. The Labute approximate surface area is 209 Å². The summed E-state index contributed by atoms with van der Waals surface area (Å²) in [6.07, 6.45) is 0.925. The van der Waals surface area contributed by atoms with E-state index in [0.29, 0.717) is 5.89 Å². The maximum Gasteiger partial charge on any atom is 0.227 e. The SMILES string of the molecule is CCc1cccc2nc(-c3ccc(-c4ccc5c(c4)c4ccccc4n5-c4ccccc4)cc3)oc12. The van der Waals surface area contributed by atoms with E-state index in [1.165, 1.54) is 44.2 Å². The number of oxazole rings is 1. The molecule has 0 radical (unpaired) electrons. The van der Waals surface area contributed by atoms with Crippen molar-refractivity contribution in [3.05, 3.63) is 121 Å². The normalized spacial score (nSPS) is 11.6. The van der Waals surface area contributed by atoms with Gasteiger partial charge in [-0.3, -0.25) is 0 Å². The van der Waals surface area contributed by atoms with Crippen molar-refractivity contribution in [3.8, 4) is 28.3 Å². The highest BCUT2D eigenvalue weighted by molar-refractivity contribution is 6.10. The second-order valence-corrected chi connectivity index (χ2v) is 9.14. The van der Waals surface area contributed by atoms with E-state index < -0.39 is 0 Å². The first-order valence-electron chi connectivity index (χ1n) is 12.4. The highest BCUT2D eigenvalue weighted by Gasteiger charge is 2.14. The fourth-order valence-electron chi connectivity index (χ4n) is 5.22. The predicted molar refractivity (Wildman–Crippen MR) is 149 cm³/mol. The van der Waals surface area contributed by atoms with Gasteiger partial charge in [-0.05, 0) is 71.6 Å². The van der Waals surface area contributed by atoms with Gasteiger partial charge >= 0.3 is 0 Å². The van der Waals surface area contributed by atoms with E-state index >= 15 is 0 Å². The van der Waals surface area contributed by atoms with Gasteiger partial charge in [-0.15, -0.1) is 0 Å². The quantitative estimate of drug-likeness (QED) is 0.260. The Morgan fingerprint density at radius 3 is 2.19 bits per heavy atom. The molecule has 0 atom stereocenters. The molecule has 0 spiro atoms. The number of aromatic nitrogens is 2. The van der Waals surface area contributed by atoms with Crippen LogP contribution < -0.4 is 0 Å². The van der Waals surface area contributed by atoms with Crippen LogP contribution in [-0.2, 0) is 6.42 Å².